The molecule has 2 nitrogen and oxygen atoms in total. The lowest BCUT2D eigenvalue weighted by atomic mass is 9.95. The molecule has 2 aromatic carbocycles. The molecule has 0 saturated heterocycles. The summed E-state index contributed by atoms with van der Waals surface area (Å²) >= 11 is 6.15. The SMILES string of the molecule is Cc1c(Cl)cccc1C(N)c1ccc(N(C)C)cc1. The molecule has 0 aliphatic rings. The molecule has 0 bridgehead atoms. The highest BCUT2D eigenvalue weighted by atomic mass is 35.5. The average molecular weight is 275 g/mol. The van der Waals surface area contributed by atoms with E-state index >= 15 is 0 Å². The van der Waals surface area contributed by atoms with Crippen LogP contribution in [0, 0.1) is 6.92 Å². The van der Waals surface area contributed by atoms with Crippen molar-refractivity contribution in [2.75, 3.05) is 19.0 Å². The number of hydrogen-bond donors (Lipinski definition) is 1. The summed E-state index contributed by atoms with van der Waals surface area (Å²) in [6.07, 6.45) is 0. The molecule has 0 aromatic heterocycles. The van der Waals surface area contributed by atoms with Crippen molar-refractivity contribution in [1.82, 2.24) is 0 Å². The van der Waals surface area contributed by atoms with Gasteiger partial charge in [-0.15, -0.1) is 0 Å². The quantitative estimate of drug-likeness (QED) is 0.923. The van der Waals surface area contributed by atoms with Crippen molar-refractivity contribution < 1.29 is 0 Å². The summed E-state index contributed by atoms with van der Waals surface area (Å²) in [7, 11) is 4.05. The van der Waals surface area contributed by atoms with Crippen LogP contribution in [-0.4, -0.2) is 14.1 Å². The monoisotopic (exact) mass is 274 g/mol. The Balaban J connectivity index is 2.33. The number of halogens is 1. The van der Waals surface area contributed by atoms with Gasteiger partial charge in [-0.2, -0.15) is 0 Å². The minimum Gasteiger partial charge on any atom is -0.378 e. The Morgan fingerprint density at radius 1 is 1.05 bits per heavy atom. The Morgan fingerprint density at radius 2 is 1.68 bits per heavy atom. The van der Waals surface area contributed by atoms with E-state index < -0.39 is 0 Å². The van der Waals surface area contributed by atoms with Crippen LogP contribution in [0.4, 0.5) is 5.69 Å². The molecule has 0 spiro atoms. The maximum absolute atomic E-state index is 6.34. The zero-order valence-corrected chi connectivity index (χ0v) is 12.3. The maximum atomic E-state index is 6.34. The molecule has 2 N–H and O–H groups in total. The fourth-order valence-electron chi connectivity index (χ4n) is 2.12. The first-order chi connectivity index (χ1) is 9.00. The van der Waals surface area contributed by atoms with Crippen LogP contribution < -0.4 is 10.6 Å². The minimum atomic E-state index is -0.144. The van der Waals surface area contributed by atoms with E-state index in [0.29, 0.717) is 0 Å². The highest BCUT2D eigenvalue weighted by Gasteiger charge is 2.12. The summed E-state index contributed by atoms with van der Waals surface area (Å²) in [5.41, 5.74) is 10.7. The number of benzene rings is 2. The first-order valence-electron chi connectivity index (χ1n) is 6.28. The molecular formula is C16H19ClN2. The predicted molar refractivity (Wildman–Crippen MR) is 83.0 cm³/mol. The van der Waals surface area contributed by atoms with E-state index in [4.69, 9.17) is 17.3 Å². The lowest BCUT2D eigenvalue weighted by molar-refractivity contribution is 0.861. The Kier molecular flexibility index (Phi) is 4.13. The molecule has 19 heavy (non-hydrogen) atoms. The summed E-state index contributed by atoms with van der Waals surface area (Å²) in [6, 6.07) is 14.0. The van der Waals surface area contributed by atoms with E-state index in [1.807, 2.05) is 39.2 Å². The van der Waals surface area contributed by atoms with Gasteiger partial charge in [-0.05, 0) is 41.8 Å². The van der Waals surface area contributed by atoms with Crippen LogP contribution in [0.5, 0.6) is 0 Å². The van der Waals surface area contributed by atoms with Gasteiger partial charge in [0.2, 0.25) is 0 Å². The number of rotatable bonds is 3. The van der Waals surface area contributed by atoms with Crippen molar-refractivity contribution in [3.8, 4) is 0 Å². The highest BCUT2D eigenvalue weighted by Crippen LogP contribution is 2.28. The molecule has 0 fully saturated rings. The van der Waals surface area contributed by atoms with Crippen LogP contribution in [0.15, 0.2) is 42.5 Å². The molecule has 1 atom stereocenters. The molecule has 0 aliphatic heterocycles. The molecule has 0 saturated carbocycles. The van der Waals surface area contributed by atoms with Crippen molar-refractivity contribution >= 4 is 17.3 Å². The average Bonchev–Trinajstić information content (AvgIpc) is 2.41. The van der Waals surface area contributed by atoms with Crippen LogP contribution >= 0.6 is 11.6 Å². The molecule has 1 unspecified atom stereocenters. The Hall–Kier alpha value is -1.51. The van der Waals surface area contributed by atoms with Gasteiger partial charge in [-0.25, -0.2) is 0 Å². The van der Waals surface area contributed by atoms with E-state index in [1.165, 1.54) is 5.69 Å². The number of anilines is 1. The maximum Gasteiger partial charge on any atom is 0.0554 e. The van der Waals surface area contributed by atoms with Crippen molar-refractivity contribution in [1.29, 1.82) is 0 Å². The largest absolute Gasteiger partial charge is 0.378 e. The highest BCUT2D eigenvalue weighted by molar-refractivity contribution is 6.31. The molecule has 100 valence electrons. The zero-order valence-electron chi connectivity index (χ0n) is 11.5. The number of nitrogens with zero attached hydrogens (tertiary/aromatic N) is 1. The lowest BCUT2D eigenvalue weighted by Gasteiger charge is -2.18. The van der Waals surface area contributed by atoms with Crippen molar-refractivity contribution in [2.45, 2.75) is 13.0 Å². The smallest absolute Gasteiger partial charge is 0.0554 e. The predicted octanol–water partition coefficient (Wildman–Crippen LogP) is 3.76. The van der Waals surface area contributed by atoms with E-state index in [0.717, 1.165) is 21.7 Å². The van der Waals surface area contributed by atoms with Crippen molar-refractivity contribution in [3.63, 3.8) is 0 Å². The Labute approximate surface area is 119 Å². The standard InChI is InChI=1S/C16H19ClN2/c1-11-14(5-4-6-15(11)17)16(18)12-7-9-13(10-8-12)19(2)3/h4-10,16H,18H2,1-3H3. The van der Waals surface area contributed by atoms with Gasteiger partial charge in [0.1, 0.15) is 0 Å². The summed E-state index contributed by atoms with van der Waals surface area (Å²) < 4.78 is 0. The molecule has 0 radical (unpaired) electrons. The minimum absolute atomic E-state index is 0.144. The molecule has 2 rings (SSSR count). The summed E-state index contributed by atoms with van der Waals surface area (Å²) in [6.45, 7) is 2.01. The normalized spacial score (nSPS) is 12.3. The van der Waals surface area contributed by atoms with Crippen LogP contribution in [-0.2, 0) is 0 Å². The first-order valence-corrected chi connectivity index (χ1v) is 6.66. The summed E-state index contributed by atoms with van der Waals surface area (Å²) in [5.74, 6) is 0. The van der Waals surface area contributed by atoms with Crippen molar-refractivity contribution in [3.05, 3.63) is 64.2 Å². The lowest BCUT2D eigenvalue weighted by Crippen LogP contribution is -2.14. The molecule has 3 heteroatoms. The van der Waals surface area contributed by atoms with Gasteiger partial charge in [0.05, 0.1) is 6.04 Å². The van der Waals surface area contributed by atoms with Gasteiger partial charge in [0, 0.05) is 24.8 Å². The van der Waals surface area contributed by atoms with Crippen molar-refractivity contribution in [2.24, 2.45) is 5.73 Å². The molecule has 0 aliphatic carbocycles. The third-order valence-electron chi connectivity index (χ3n) is 3.41. The third kappa shape index (κ3) is 2.91. The van der Waals surface area contributed by atoms with Gasteiger partial charge < -0.3 is 10.6 Å². The molecular weight excluding hydrogens is 256 g/mol. The van der Waals surface area contributed by atoms with Crippen LogP contribution in [0.1, 0.15) is 22.7 Å². The van der Waals surface area contributed by atoms with Crippen LogP contribution in [0.2, 0.25) is 5.02 Å². The third-order valence-corrected chi connectivity index (χ3v) is 3.82. The second kappa shape index (κ2) is 5.64. The van der Waals surface area contributed by atoms with Crippen LogP contribution in [0.3, 0.4) is 0 Å². The van der Waals surface area contributed by atoms with E-state index in [1.54, 1.807) is 0 Å². The molecule has 2 aromatic rings. The molecule has 0 heterocycles. The Bertz CT molecular complexity index is 561. The number of nitrogens with two attached hydrogens (primary N) is 1. The van der Waals surface area contributed by atoms with Gasteiger partial charge in [-0.1, -0.05) is 35.9 Å². The van der Waals surface area contributed by atoms with Gasteiger partial charge in [0.15, 0.2) is 0 Å². The summed E-state index contributed by atoms with van der Waals surface area (Å²) in [5, 5.41) is 0.762. The number of hydrogen-bond acceptors (Lipinski definition) is 2. The van der Waals surface area contributed by atoms with Gasteiger partial charge in [-0.3, -0.25) is 0 Å². The van der Waals surface area contributed by atoms with E-state index in [-0.39, 0.29) is 6.04 Å². The van der Waals surface area contributed by atoms with Crippen LogP contribution in [0.25, 0.3) is 0 Å². The zero-order chi connectivity index (χ0) is 14.0. The fourth-order valence-corrected chi connectivity index (χ4v) is 2.30. The van der Waals surface area contributed by atoms with Gasteiger partial charge in [0.25, 0.3) is 0 Å². The summed E-state index contributed by atoms with van der Waals surface area (Å²) in [4.78, 5) is 2.07. The second-order valence-electron chi connectivity index (χ2n) is 4.92. The molecule has 0 amide bonds. The topological polar surface area (TPSA) is 29.3 Å². The van der Waals surface area contributed by atoms with Gasteiger partial charge >= 0.3 is 0 Å². The first kappa shape index (κ1) is 13.9. The second-order valence-corrected chi connectivity index (χ2v) is 5.32. The van der Waals surface area contributed by atoms with E-state index in [9.17, 15) is 0 Å². The fraction of sp³-hybridized carbons (Fsp3) is 0.250. The Morgan fingerprint density at radius 3 is 2.26 bits per heavy atom. The van der Waals surface area contributed by atoms with E-state index in [2.05, 4.69) is 29.2 Å².